The Hall–Kier alpha value is -2.43. The number of rotatable bonds is 6. The molecule has 1 unspecified atom stereocenters. The smallest absolute Gasteiger partial charge is 0.0830 e. The molecule has 3 rings (SSSR count). The van der Waals surface area contributed by atoms with E-state index in [9.17, 15) is 0 Å². The highest BCUT2D eigenvalue weighted by molar-refractivity contribution is 5.15. The molecular formula is C16H19N5. The summed E-state index contributed by atoms with van der Waals surface area (Å²) in [6.45, 7) is 2.92. The van der Waals surface area contributed by atoms with Crippen molar-refractivity contribution >= 4 is 0 Å². The molecule has 0 aliphatic heterocycles. The molecule has 108 valence electrons. The van der Waals surface area contributed by atoms with Crippen LogP contribution in [0.5, 0.6) is 0 Å². The van der Waals surface area contributed by atoms with Crippen LogP contribution in [-0.2, 0) is 19.4 Å². The summed E-state index contributed by atoms with van der Waals surface area (Å²) < 4.78 is 3.83. The summed E-state index contributed by atoms with van der Waals surface area (Å²) in [6, 6.07) is 12.6. The first kappa shape index (κ1) is 13.5. The van der Waals surface area contributed by atoms with E-state index < -0.39 is 0 Å². The zero-order valence-electron chi connectivity index (χ0n) is 12.1. The molecule has 1 atom stereocenters. The monoisotopic (exact) mass is 281 g/mol. The van der Waals surface area contributed by atoms with Crippen LogP contribution < -0.4 is 0 Å². The Balaban J connectivity index is 1.58. The van der Waals surface area contributed by atoms with Gasteiger partial charge in [0.05, 0.1) is 18.3 Å². The third-order valence-corrected chi connectivity index (χ3v) is 3.53. The van der Waals surface area contributed by atoms with Gasteiger partial charge in [-0.3, -0.25) is 4.68 Å². The van der Waals surface area contributed by atoms with Crippen molar-refractivity contribution in [1.82, 2.24) is 24.8 Å². The average molecular weight is 281 g/mol. The van der Waals surface area contributed by atoms with Crippen LogP contribution in [0.15, 0.2) is 55.0 Å². The van der Waals surface area contributed by atoms with E-state index in [4.69, 9.17) is 0 Å². The van der Waals surface area contributed by atoms with Gasteiger partial charge in [-0.05, 0) is 31.4 Å². The second-order valence-corrected chi connectivity index (χ2v) is 5.25. The van der Waals surface area contributed by atoms with Crippen molar-refractivity contribution in [1.29, 1.82) is 0 Å². The summed E-state index contributed by atoms with van der Waals surface area (Å²) in [5.41, 5.74) is 2.36. The fourth-order valence-corrected chi connectivity index (χ4v) is 2.32. The number of hydrogen-bond acceptors (Lipinski definition) is 3. The molecule has 0 aliphatic rings. The normalized spacial score (nSPS) is 12.4. The maximum atomic E-state index is 4.26. The molecule has 0 saturated heterocycles. The lowest BCUT2D eigenvalue weighted by molar-refractivity contribution is 0.397. The quantitative estimate of drug-likeness (QED) is 0.697. The van der Waals surface area contributed by atoms with Crippen LogP contribution >= 0.6 is 0 Å². The minimum Gasteiger partial charge on any atom is -0.271 e. The van der Waals surface area contributed by atoms with E-state index >= 15 is 0 Å². The maximum absolute atomic E-state index is 4.26. The van der Waals surface area contributed by atoms with Crippen molar-refractivity contribution in [2.45, 2.75) is 32.4 Å². The first-order valence-electron chi connectivity index (χ1n) is 7.23. The van der Waals surface area contributed by atoms with E-state index in [1.807, 2.05) is 33.9 Å². The lowest BCUT2D eigenvalue weighted by atomic mass is 10.1. The van der Waals surface area contributed by atoms with Crippen LogP contribution in [0.4, 0.5) is 0 Å². The van der Waals surface area contributed by atoms with Crippen molar-refractivity contribution in [2.24, 2.45) is 0 Å². The second kappa shape index (κ2) is 6.35. The number of hydrogen-bond donors (Lipinski definition) is 0. The SMILES string of the molecule is CC(Cn1cccn1)n1cc(CCc2ccccc2)nn1. The van der Waals surface area contributed by atoms with Gasteiger partial charge in [-0.1, -0.05) is 35.5 Å². The minimum atomic E-state index is 0.239. The highest BCUT2D eigenvalue weighted by Crippen LogP contribution is 2.09. The van der Waals surface area contributed by atoms with Crippen LogP contribution in [0.25, 0.3) is 0 Å². The van der Waals surface area contributed by atoms with Gasteiger partial charge in [-0.2, -0.15) is 5.10 Å². The Morgan fingerprint density at radius 1 is 1.10 bits per heavy atom. The second-order valence-electron chi connectivity index (χ2n) is 5.25. The lowest BCUT2D eigenvalue weighted by Gasteiger charge is -2.10. The molecule has 0 radical (unpaired) electrons. The first-order valence-corrected chi connectivity index (χ1v) is 7.23. The molecule has 3 aromatic rings. The summed E-state index contributed by atoms with van der Waals surface area (Å²) in [5.74, 6) is 0. The number of aromatic nitrogens is 5. The van der Waals surface area contributed by atoms with Gasteiger partial charge in [0.15, 0.2) is 0 Å². The molecule has 0 amide bonds. The minimum absolute atomic E-state index is 0.239. The molecule has 0 N–H and O–H groups in total. The summed E-state index contributed by atoms with van der Waals surface area (Å²) in [7, 11) is 0. The number of benzene rings is 1. The Morgan fingerprint density at radius 3 is 2.71 bits per heavy atom. The summed E-state index contributed by atoms with van der Waals surface area (Å²) in [5, 5.41) is 12.7. The van der Waals surface area contributed by atoms with Crippen molar-refractivity contribution in [3.05, 3.63) is 66.2 Å². The molecule has 0 aliphatic carbocycles. The van der Waals surface area contributed by atoms with E-state index in [2.05, 4.69) is 46.6 Å². The predicted molar refractivity (Wildman–Crippen MR) is 80.8 cm³/mol. The Morgan fingerprint density at radius 2 is 1.95 bits per heavy atom. The molecule has 5 heteroatoms. The largest absolute Gasteiger partial charge is 0.271 e. The number of aryl methyl sites for hydroxylation is 2. The van der Waals surface area contributed by atoms with Crippen LogP contribution in [0.3, 0.4) is 0 Å². The fourth-order valence-electron chi connectivity index (χ4n) is 2.32. The van der Waals surface area contributed by atoms with Gasteiger partial charge in [0.25, 0.3) is 0 Å². The van der Waals surface area contributed by atoms with Crippen LogP contribution in [0.2, 0.25) is 0 Å². The Bertz CT molecular complexity index is 657. The van der Waals surface area contributed by atoms with Gasteiger partial charge in [0.2, 0.25) is 0 Å². The van der Waals surface area contributed by atoms with Crippen molar-refractivity contribution in [2.75, 3.05) is 0 Å². The molecule has 5 nitrogen and oxygen atoms in total. The Kier molecular flexibility index (Phi) is 4.09. The van der Waals surface area contributed by atoms with Crippen molar-refractivity contribution in [3.63, 3.8) is 0 Å². The maximum Gasteiger partial charge on any atom is 0.0830 e. The molecule has 21 heavy (non-hydrogen) atoms. The zero-order valence-corrected chi connectivity index (χ0v) is 12.1. The van der Waals surface area contributed by atoms with Crippen LogP contribution in [0.1, 0.15) is 24.2 Å². The standard InChI is InChI=1S/C16H19N5/c1-14(12-20-11-5-10-17-20)21-13-16(18-19-21)9-8-15-6-3-2-4-7-15/h2-7,10-11,13-14H,8-9,12H2,1H3. The van der Waals surface area contributed by atoms with Crippen LogP contribution in [0, 0.1) is 0 Å². The van der Waals surface area contributed by atoms with E-state index in [-0.39, 0.29) is 6.04 Å². The van der Waals surface area contributed by atoms with E-state index in [1.54, 1.807) is 6.20 Å². The van der Waals surface area contributed by atoms with Gasteiger partial charge in [0.1, 0.15) is 0 Å². The van der Waals surface area contributed by atoms with Crippen LogP contribution in [-0.4, -0.2) is 24.8 Å². The van der Waals surface area contributed by atoms with Crippen molar-refractivity contribution < 1.29 is 0 Å². The topological polar surface area (TPSA) is 48.5 Å². The molecule has 0 fully saturated rings. The molecule has 0 spiro atoms. The summed E-state index contributed by atoms with van der Waals surface area (Å²) in [6.07, 6.45) is 7.70. The van der Waals surface area contributed by atoms with Gasteiger partial charge in [-0.25, -0.2) is 4.68 Å². The Labute approximate surface area is 124 Å². The predicted octanol–water partition coefficient (Wildman–Crippen LogP) is 2.52. The third kappa shape index (κ3) is 3.56. The summed E-state index contributed by atoms with van der Waals surface area (Å²) in [4.78, 5) is 0. The highest BCUT2D eigenvalue weighted by Gasteiger charge is 2.09. The fraction of sp³-hybridized carbons (Fsp3) is 0.312. The van der Waals surface area contributed by atoms with Gasteiger partial charge < -0.3 is 0 Å². The van der Waals surface area contributed by atoms with E-state index in [0.717, 1.165) is 25.1 Å². The van der Waals surface area contributed by atoms with Crippen molar-refractivity contribution in [3.8, 4) is 0 Å². The highest BCUT2D eigenvalue weighted by atomic mass is 15.4. The molecule has 2 aromatic heterocycles. The molecule has 2 heterocycles. The molecule has 0 saturated carbocycles. The molecular weight excluding hydrogens is 262 g/mol. The lowest BCUT2D eigenvalue weighted by Crippen LogP contribution is -2.14. The average Bonchev–Trinajstić information content (AvgIpc) is 3.17. The van der Waals surface area contributed by atoms with E-state index in [1.165, 1.54) is 5.56 Å². The zero-order chi connectivity index (χ0) is 14.5. The molecule has 0 bridgehead atoms. The van der Waals surface area contributed by atoms with Gasteiger partial charge >= 0.3 is 0 Å². The van der Waals surface area contributed by atoms with E-state index in [0.29, 0.717) is 0 Å². The van der Waals surface area contributed by atoms with Gasteiger partial charge in [-0.15, -0.1) is 5.10 Å². The molecule has 1 aromatic carbocycles. The third-order valence-electron chi connectivity index (χ3n) is 3.53. The summed E-state index contributed by atoms with van der Waals surface area (Å²) >= 11 is 0. The number of nitrogens with zero attached hydrogens (tertiary/aromatic N) is 5. The first-order chi connectivity index (χ1) is 10.3. The van der Waals surface area contributed by atoms with Gasteiger partial charge in [0, 0.05) is 18.6 Å².